The van der Waals surface area contributed by atoms with Crippen molar-refractivity contribution in [3.05, 3.63) is 82.7 Å². The SMILES string of the molecule is C=C(C)C1CCC2(C(=O)NCc3cccc(C(=O)NCc4cc(C(=O)O)ccc4F)c3)CCC3(C)C(CCC4C5(C)CCC(O)C(C)(C)C5CCC43C)C12. The summed E-state index contributed by atoms with van der Waals surface area (Å²) >= 11 is 0. The molecule has 0 spiro atoms. The first-order valence-corrected chi connectivity index (χ1v) is 20.4. The number of aromatic carboxylic acids is 1. The van der Waals surface area contributed by atoms with Gasteiger partial charge in [-0.2, -0.15) is 0 Å². The highest BCUT2D eigenvalue weighted by Crippen LogP contribution is 2.77. The second kappa shape index (κ2) is 13.6. The summed E-state index contributed by atoms with van der Waals surface area (Å²) in [7, 11) is 0. The largest absolute Gasteiger partial charge is 0.478 e. The van der Waals surface area contributed by atoms with Gasteiger partial charge >= 0.3 is 5.97 Å². The predicted octanol–water partition coefficient (Wildman–Crippen LogP) is 9.09. The number of carbonyl (C=O) groups is 3. The molecule has 292 valence electrons. The van der Waals surface area contributed by atoms with Gasteiger partial charge in [0.25, 0.3) is 5.91 Å². The first-order chi connectivity index (χ1) is 25.4. The number of fused-ring (bicyclic) bond motifs is 7. The zero-order valence-electron chi connectivity index (χ0n) is 33.2. The van der Waals surface area contributed by atoms with Crippen LogP contribution < -0.4 is 10.6 Å². The third kappa shape index (κ3) is 5.87. The molecule has 4 N–H and O–H groups in total. The van der Waals surface area contributed by atoms with E-state index in [1.807, 2.05) is 6.07 Å². The maximum Gasteiger partial charge on any atom is 0.335 e. The standard InChI is InChI=1S/C46H61FN2O5/c1-27(2)32-15-20-46(41(54)49-25-28-9-8-10-29(23-28)39(51)48-26-31-24-30(40(52)53)11-13-34(31)47)22-21-44(6)33(38(32)46)12-14-36-43(5)18-17-37(50)42(3,4)35(43)16-19-45(36,44)7/h8-11,13,23-24,32-33,35-38,50H,1,12,14-22,25-26H2,2-7H3,(H,48,51)(H,49,54)(H,52,53). The fourth-order valence-electron chi connectivity index (χ4n) is 13.8. The number of carboxylic acid groups (broad SMARTS) is 1. The van der Waals surface area contributed by atoms with Crippen molar-refractivity contribution >= 4 is 17.8 Å². The van der Waals surface area contributed by atoms with Crippen molar-refractivity contribution in [1.82, 2.24) is 10.6 Å². The number of halogens is 1. The quantitative estimate of drug-likeness (QED) is 0.202. The highest BCUT2D eigenvalue weighted by Gasteiger charge is 2.71. The summed E-state index contributed by atoms with van der Waals surface area (Å²) in [5.41, 5.74) is 2.35. The van der Waals surface area contributed by atoms with Gasteiger partial charge in [0.2, 0.25) is 5.91 Å². The van der Waals surface area contributed by atoms with E-state index in [1.54, 1.807) is 18.2 Å². The van der Waals surface area contributed by atoms with Crippen LogP contribution in [0.15, 0.2) is 54.6 Å². The van der Waals surface area contributed by atoms with Crippen LogP contribution in [0.1, 0.15) is 138 Å². The molecule has 0 saturated heterocycles. The zero-order chi connectivity index (χ0) is 39.0. The number of aliphatic hydroxyl groups is 1. The molecule has 2 amide bonds. The fraction of sp³-hybridized carbons (Fsp3) is 0.630. The lowest BCUT2D eigenvalue weighted by molar-refractivity contribution is -0.246. The summed E-state index contributed by atoms with van der Waals surface area (Å²) in [4.78, 5) is 39.1. The number of aliphatic hydroxyl groups excluding tert-OH is 1. The van der Waals surface area contributed by atoms with Gasteiger partial charge in [0.1, 0.15) is 5.82 Å². The molecule has 5 saturated carbocycles. The fourth-order valence-corrected chi connectivity index (χ4v) is 13.8. The minimum absolute atomic E-state index is 0.0482. The van der Waals surface area contributed by atoms with Crippen molar-refractivity contribution in [3.8, 4) is 0 Å². The van der Waals surface area contributed by atoms with Crippen LogP contribution in [0.5, 0.6) is 0 Å². The second-order valence-electron chi connectivity index (χ2n) is 19.4. The molecule has 0 radical (unpaired) electrons. The Balaban J connectivity index is 1.08. The molecule has 10 unspecified atom stereocenters. The number of carboxylic acids is 1. The molecule has 54 heavy (non-hydrogen) atoms. The summed E-state index contributed by atoms with van der Waals surface area (Å²) in [6.07, 6.45) is 10.1. The highest BCUT2D eigenvalue weighted by molar-refractivity contribution is 5.94. The van der Waals surface area contributed by atoms with E-state index < -0.39 is 23.1 Å². The molecule has 0 aliphatic heterocycles. The van der Waals surface area contributed by atoms with Crippen LogP contribution in [-0.2, 0) is 17.9 Å². The second-order valence-corrected chi connectivity index (χ2v) is 19.4. The molecular weight excluding hydrogens is 680 g/mol. The van der Waals surface area contributed by atoms with Crippen molar-refractivity contribution in [2.45, 2.75) is 125 Å². The van der Waals surface area contributed by atoms with Crippen LogP contribution in [0, 0.1) is 62.5 Å². The van der Waals surface area contributed by atoms with Crippen LogP contribution in [0.4, 0.5) is 4.39 Å². The lowest BCUT2D eigenvalue weighted by Gasteiger charge is -2.72. The molecular formula is C46H61FN2O5. The van der Waals surface area contributed by atoms with E-state index in [4.69, 9.17) is 0 Å². The number of rotatable bonds is 8. The normalized spacial score (nSPS) is 37.9. The first-order valence-electron chi connectivity index (χ1n) is 20.4. The maximum atomic E-state index is 14.7. The Morgan fingerprint density at radius 2 is 1.57 bits per heavy atom. The van der Waals surface area contributed by atoms with E-state index in [-0.39, 0.29) is 57.3 Å². The van der Waals surface area contributed by atoms with E-state index in [2.05, 4.69) is 58.8 Å². The van der Waals surface area contributed by atoms with Gasteiger partial charge in [0.05, 0.1) is 17.1 Å². The summed E-state index contributed by atoms with van der Waals surface area (Å²) in [6.45, 7) is 19.2. The Hall–Kier alpha value is -3.52. The van der Waals surface area contributed by atoms with Crippen LogP contribution in [0.3, 0.4) is 0 Å². The highest BCUT2D eigenvalue weighted by atomic mass is 19.1. The molecule has 5 fully saturated rings. The average molecular weight is 741 g/mol. The van der Waals surface area contributed by atoms with Crippen molar-refractivity contribution in [2.75, 3.05) is 0 Å². The molecule has 5 aliphatic carbocycles. The first kappa shape index (κ1) is 38.7. The van der Waals surface area contributed by atoms with Crippen LogP contribution in [0.25, 0.3) is 0 Å². The molecule has 10 atom stereocenters. The number of allylic oxidation sites excluding steroid dienone is 1. The average Bonchev–Trinajstić information content (AvgIpc) is 3.53. The van der Waals surface area contributed by atoms with Crippen molar-refractivity contribution in [2.24, 2.45) is 56.7 Å². The van der Waals surface area contributed by atoms with Gasteiger partial charge in [0, 0.05) is 24.2 Å². The number of nitrogens with one attached hydrogen (secondary N) is 2. The van der Waals surface area contributed by atoms with Gasteiger partial charge in [0.15, 0.2) is 0 Å². The molecule has 8 heteroatoms. The Kier molecular flexibility index (Phi) is 9.76. The van der Waals surface area contributed by atoms with Crippen molar-refractivity contribution < 1.29 is 29.0 Å². The van der Waals surface area contributed by atoms with E-state index in [0.717, 1.165) is 63.0 Å². The molecule has 7 nitrogen and oxygen atoms in total. The topological polar surface area (TPSA) is 116 Å². The van der Waals surface area contributed by atoms with Gasteiger partial charge in [-0.1, -0.05) is 58.9 Å². The summed E-state index contributed by atoms with van der Waals surface area (Å²) in [5.74, 6) is 0.0421. The van der Waals surface area contributed by atoms with Gasteiger partial charge in [-0.15, -0.1) is 0 Å². The monoisotopic (exact) mass is 740 g/mol. The number of hydrogen-bond acceptors (Lipinski definition) is 4. The van der Waals surface area contributed by atoms with E-state index >= 15 is 0 Å². The lowest BCUT2D eigenvalue weighted by Crippen LogP contribution is -2.67. The summed E-state index contributed by atoms with van der Waals surface area (Å²) < 4.78 is 14.4. The number of carbonyl (C=O) groups excluding carboxylic acids is 2. The summed E-state index contributed by atoms with van der Waals surface area (Å²) in [5, 5.41) is 26.4. The van der Waals surface area contributed by atoms with Crippen molar-refractivity contribution in [3.63, 3.8) is 0 Å². The third-order valence-electron chi connectivity index (χ3n) is 16.9. The van der Waals surface area contributed by atoms with Gasteiger partial charge < -0.3 is 20.8 Å². The Morgan fingerprint density at radius 3 is 2.30 bits per heavy atom. The van der Waals surface area contributed by atoms with Gasteiger partial charge in [-0.3, -0.25) is 9.59 Å². The number of hydrogen-bond donors (Lipinski definition) is 4. The molecule has 5 aliphatic rings. The van der Waals surface area contributed by atoms with E-state index in [1.165, 1.54) is 30.5 Å². The van der Waals surface area contributed by atoms with Crippen molar-refractivity contribution in [1.29, 1.82) is 0 Å². The predicted molar refractivity (Wildman–Crippen MR) is 208 cm³/mol. The Bertz CT molecular complexity index is 1860. The smallest absolute Gasteiger partial charge is 0.335 e. The zero-order valence-corrected chi connectivity index (χ0v) is 33.2. The minimum atomic E-state index is -1.16. The van der Waals surface area contributed by atoms with Crippen LogP contribution in [0.2, 0.25) is 0 Å². The van der Waals surface area contributed by atoms with Gasteiger partial charge in [-0.05, 0) is 158 Å². The Morgan fingerprint density at radius 1 is 0.815 bits per heavy atom. The summed E-state index contributed by atoms with van der Waals surface area (Å²) in [6, 6.07) is 10.6. The maximum absolute atomic E-state index is 14.7. The molecule has 7 rings (SSSR count). The molecule has 0 heterocycles. The van der Waals surface area contributed by atoms with E-state index in [0.29, 0.717) is 35.8 Å². The third-order valence-corrected chi connectivity index (χ3v) is 16.9. The number of amides is 2. The lowest BCUT2D eigenvalue weighted by atomic mass is 9.32. The van der Waals surface area contributed by atoms with Crippen LogP contribution >= 0.6 is 0 Å². The minimum Gasteiger partial charge on any atom is -0.478 e. The number of benzene rings is 2. The molecule has 0 aromatic heterocycles. The van der Waals surface area contributed by atoms with Crippen LogP contribution in [-0.4, -0.2) is 34.1 Å². The molecule has 0 bridgehead atoms. The Labute approximate surface area is 321 Å². The molecule has 2 aromatic rings. The molecule has 2 aromatic carbocycles. The van der Waals surface area contributed by atoms with Gasteiger partial charge in [-0.25, -0.2) is 9.18 Å². The van der Waals surface area contributed by atoms with E-state index in [9.17, 15) is 29.0 Å².